The topological polar surface area (TPSA) is 49.4 Å². The molecule has 2 aliphatic rings. The van der Waals surface area contributed by atoms with Gasteiger partial charge in [0.15, 0.2) is 0 Å². The van der Waals surface area contributed by atoms with Crippen LogP contribution in [0.15, 0.2) is 24.3 Å². The van der Waals surface area contributed by atoms with Gasteiger partial charge in [0.25, 0.3) is 0 Å². The first kappa shape index (κ1) is 16.9. The van der Waals surface area contributed by atoms with E-state index in [-0.39, 0.29) is 11.3 Å². The van der Waals surface area contributed by atoms with Crippen LogP contribution in [-0.2, 0) is 10.0 Å². The molecule has 1 saturated carbocycles. The normalized spacial score (nSPS) is 21.8. The van der Waals surface area contributed by atoms with E-state index in [0.29, 0.717) is 6.54 Å². The molecule has 128 valence electrons. The van der Waals surface area contributed by atoms with Crippen molar-refractivity contribution in [2.45, 2.75) is 56.7 Å². The second-order valence-electron chi connectivity index (χ2n) is 6.92. The van der Waals surface area contributed by atoms with E-state index in [2.05, 4.69) is 34.7 Å². The van der Waals surface area contributed by atoms with Crippen molar-refractivity contribution in [2.24, 2.45) is 0 Å². The lowest BCUT2D eigenvalue weighted by atomic mass is 10.0. The minimum absolute atomic E-state index is 0.148. The highest BCUT2D eigenvalue weighted by Crippen LogP contribution is 2.28. The summed E-state index contributed by atoms with van der Waals surface area (Å²) in [6.45, 7) is 4.72. The number of hydrogen-bond acceptors (Lipinski definition) is 3. The summed E-state index contributed by atoms with van der Waals surface area (Å²) in [5.41, 5.74) is 2.49. The van der Waals surface area contributed by atoms with Gasteiger partial charge in [-0.3, -0.25) is 4.90 Å². The van der Waals surface area contributed by atoms with Crippen LogP contribution in [0, 0.1) is 6.92 Å². The third kappa shape index (κ3) is 3.95. The van der Waals surface area contributed by atoms with Gasteiger partial charge in [0, 0.05) is 12.6 Å². The molecule has 1 aliphatic carbocycles. The maximum atomic E-state index is 12.5. The van der Waals surface area contributed by atoms with Crippen molar-refractivity contribution >= 4 is 10.0 Å². The van der Waals surface area contributed by atoms with Crippen molar-refractivity contribution in [2.75, 3.05) is 19.6 Å². The number of benzene rings is 1. The molecule has 1 saturated heterocycles. The molecule has 3 rings (SSSR count). The van der Waals surface area contributed by atoms with Gasteiger partial charge in [-0.2, -0.15) is 0 Å². The second kappa shape index (κ2) is 7.32. The molecule has 1 aromatic carbocycles. The molecular formula is C18H28N2O2S. The smallest absolute Gasteiger partial charge is 0.214 e. The quantitative estimate of drug-likeness (QED) is 0.869. The summed E-state index contributed by atoms with van der Waals surface area (Å²) in [5, 5.41) is -0.182. The predicted molar refractivity (Wildman–Crippen MR) is 93.9 cm³/mol. The average Bonchev–Trinajstić information content (AvgIpc) is 3.23. The molecule has 0 bridgehead atoms. The van der Waals surface area contributed by atoms with Gasteiger partial charge in [0.05, 0.1) is 5.25 Å². The first-order valence-electron chi connectivity index (χ1n) is 8.86. The zero-order valence-electron chi connectivity index (χ0n) is 14.0. The summed E-state index contributed by atoms with van der Waals surface area (Å²) in [6, 6.07) is 8.50. The van der Waals surface area contributed by atoms with Gasteiger partial charge in [0.1, 0.15) is 0 Å². The van der Waals surface area contributed by atoms with E-state index in [1.807, 2.05) is 6.07 Å². The molecule has 0 radical (unpaired) electrons. The fraction of sp³-hybridized carbons (Fsp3) is 0.667. The molecule has 1 N–H and O–H groups in total. The number of nitrogens with one attached hydrogen (secondary N) is 1. The van der Waals surface area contributed by atoms with Gasteiger partial charge in [-0.25, -0.2) is 13.1 Å². The SMILES string of the molecule is Cc1ccccc1C(CNS(=O)(=O)C1CCCC1)N1CCCC1. The number of likely N-dealkylation sites (tertiary alicyclic amines) is 1. The largest absolute Gasteiger partial charge is 0.295 e. The van der Waals surface area contributed by atoms with Crippen molar-refractivity contribution in [3.63, 3.8) is 0 Å². The molecule has 0 aromatic heterocycles. The fourth-order valence-electron chi connectivity index (χ4n) is 3.96. The summed E-state index contributed by atoms with van der Waals surface area (Å²) in [6.07, 6.45) is 6.12. The van der Waals surface area contributed by atoms with Crippen molar-refractivity contribution in [1.82, 2.24) is 9.62 Å². The maximum absolute atomic E-state index is 12.5. The van der Waals surface area contributed by atoms with Crippen molar-refractivity contribution < 1.29 is 8.42 Å². The fourth-order valence-corrected chi connectivity index (χ4v) is 5.54. The van der Waals surface area contributed by atoms with Gasteiger partial charge >= 0.3 is 0 Å². The maximum Gasteiger partial charge on any atom is 0.214 e. The molecule has 1 atom stereocenters. The highest BCUT2D eigenvalue weighted by Gasteiger charge is 2.31. The van der Waals surface area contributed by atoms with Gasteiger partial charge in [-0.15, -0.1) is 0 Å². The number of rotatable bonds is 6. The summed E-state index contributed by atoms with van der Waals surface area (Å²) in [4.78, 5) is 2.43. The number of hydrogen-bond donors (Lipinski definition) is 1. The molecule has 1 unspecified atom stereocenters. The molecule has 1 aromatic rings. The molecular weight excluding hydrogens is 308 g/mol. The van der Waals surface area contributed by atoms with E-state index in [1.54, 1.807) is 0 Å². The van der Waals surface area contributed by atoms with E-state index in [4.69, 9.17) is 0 Å². The first-order valence-corrected chi connectivity index (χ1v) is 10.4. The highest BCUT2D eigenvalue weighted by atomic mass is 32.2. The molecule has 23 heavy (non-hydrogen) atoms. The Morgan fingerprint density at radius 2 is 1.78 bits per heavy atom. The Bertz CT molecular complexity index is 618. The lowest BCUT2D eigenvalue weighted by Gasteiger charge is -2.29. The van der Waals surface area contributed by atoms with Crippen LogP contribution in [0.2, 0.25) is 0 Å². The lowest BCUT2D eigenvalue weighted by Crippen LogP contribution is -2.40. The van der Waals surface area contributed by atoms with Crippen LogP contribution in [0.1, 0.15) is 55.7 Å². The molecule has 0 spiro atoms. The molecule has 2 fully saturated rings. The lowest BCUT2D eigenvalue weighted by molar-refractivity contribution is 0.245. The van der Waals surface area contributed by atoms with Crippen LogP contribution in [0.25, 0.3) is 0 Å². The van der Waals surface area contributed by atoms with Crippen LogP contribution in [0.3, 0.4) is 0 Å². The standard InChI is InChI=1S/C18H28N2O2S/c1-15-8-2-5-11-17(15)18(20-12-6-7-13-20)14-19-23(21,22)16-9-3-4-10-16/h2,5,8,11,16,18-19H,3-4,6-7,9-10,12-14H2,1H3. The monoisotopic (exact) mass is 336 g/mol. The van der Waals surface area contributed by atoms with Gasteiger partial charge in [-0.1, -0.05) is 37.1 Å². The zero-order chi connectivity index (χ0) is 16.3. The Balaban J connectivity index is 1.75. The van der Waals surface area contributed by atoms with Gasteiger partial charge in [-0.05, 0) is 56.8 Å². The Labute approximate surface area is 140 Å². The number of sulfonamides is 1. The number of nitrogens with zero attached hydrogens (tertiary/aromatic N) is 1. The summed E-state index contributed by atoms with van der Waals surface area (Å²) in [7, 11) is -3.18. The third-order valence-corrected chi connectivity index (χ3v) is 7.27. The minimum atomic E-state index is -3.18. The molecule has 0 amide bonds. The van der Waals surface area contributed by atoms with E-state index in [9.17, 15) is 8.42 Å². The van der Waals surface area contributed by atoms with Gasteiger partial charge < -0.3 is 0 Å². The Morgan fingerprint density at radius 1 is 1.13 bits per heavy atom. The minimum Gasteiger partial charge on any atom is -0.295 e. The Hall–Kier alpha value is -0.910. The average molecular weight is 337 g/mol. The van der Waals surface area contributed by atoms with Crippen molar-refractivity contribution in [3.8, 4) is 0 Å². The van der Waals surface area contributed by atoms with Crippen LogP contribution >= 0.6 is 0 Å². The summed E-state index contributed by atoms with van der Waals surface area (Å²) < 4.78 is 28.0. The van der Waals surface area contributed by atoms with Crippen LogP contribution in [0.4, 0.5) is 0 Å². The summed E-state index contributed by atoms with van der Waals surface area (Å²) >= 11 is 0. The Kier molecular flexibility index (Phi) is 5.39. The van der Waals surface area contributed by atoms with E-state index < -0.39 is 10.0 Å². The molecule has 4 nitrogen and oxygen atoms in total. The second-order valence-corrected chi connectivity index (χ2v) is 8.96. The highest BCUT2D eigenvalue weighted by molar-refractivity contribution is 7.90. The zero-order valence-corrected chi connectivity index (χ0v) is 14.8. The molecule has 1 heterocycles. The van der Waals surface area contributed by atoms with Gasteiger partial charge in [0.2, 0.25) is 10.0 Å². The summed E-state index contributed by atoms with van der Waals surface area (Å²) in [5.74, 6) is 0. The van der Waals surface area contributed by atoms with Crippen LogP contribution < -0.4 is 4.72 Å². The van der Waals surface area contributed by atoms with E-state index >= 15 is 0 Å². The Morgan fingerprint density at radius 3 is 2.43 bits per heavy atom. The van der Waals surface area contributed by atoms with Crippen LogP contribution in [-0.4, -0.2) is 38.2 Å². The van der Waals surface area contributed by atoms with Crippen LogP contribution in [0.5, 0.6) is 0 Å². The van der Waals surface area contributed by atoms with Crippen molar-refractivity contribution in [3.05, 3.63) is 35.4 Å². The van der Waals surface area contributed by atoms with Crippen molar-refractivity contribution in [1.29, 1.82) is 0 Å². The van der Waals surface area contributed by atoms with E-state index in [0.717, 1.165) is 38.8 Å². The third-order valence-electron chi connectivity index (χ3n) is 5.35. The first-order chi connectivity index (χ1) is 11.1. The molecule has 1 aliphatic heterocycles. The molecule has 5 heteroatoms. The van der Waals surface area contributed by atoms with E-state index in [1.165, 1.54) is 24.0 Å². The predicted octanol–water partition coefficient (Wildman–Crippen LogP) is 2.99. The number of aryl methyl sites for hydroxylation is 1.